The molecule has 0 atom stereocenters. The number of nitrogens with zero attached hydrogens (tertiary/aromatic N) is 3. The average molecular weight is 247 g/mol. The Morgan fingerprint density at radius 3 is 2.44 bits per heavy atom. The second-order valence-corrected chi connectivity index (χ2v) is 5.42. The van der Waals surface area contributed by atoms with Crippen molar-refractivity contribution < 1.29 is 4.79 Å². The number of aldehydes is 1. The van der Waals surface area contributed by atoms with E-state index in [1.807, 2.05) is 0 Å². The quantitative estimate of drug-likeness (QED) is 0.750. The molecule has 1 aliphatic carbocycles. The van der Waals surface area contributed by atoms with Crippen molar-refractivity contribution in [3.63, 3.8) is 0 Å². The SMILES string of the molecule is CC(C)CN(c1ncc(C=O)cn1)C1CCCC1. The minimum Gasteiger partial charge on any atom is -0.338 e. The second kappa shape index (κ2) is 5.94. The van der Waals surface area contributed by atoms with Gasteiger partial charge in [-0.1, -0.05) is 26.7 Å². The molecule has 98 valence electrons. The molecule has 1 heterocycles. The second-order valence-electron chi connectivity index (χ2n) is 5.42. The van der Waals surface area contributed by atoms with Crippen molar-refractivity contribution in [1.82, 2.24) is 9.97 Å². The maximum Gasteiger partial charge on any atom is 0.225 e. The number of aromatic nitrogens is 2. The molecular weight excluding hydrogens is 226 g/mol. The number of carbonyl (C=O) groups is 1. The molecule has 2 rings (SSSR count). The largest absolute Gasteiger partial charge is 0.338 e. The van der Waals surface area contributed by atoms with Gasteiger partial charge in [0.2, 0.25) is 5.95 Å². The molecule has 1 fully saturated rings. The Hall–Kier alpha value is -1.45. The first-order valence-electron chi connectivity index (χ1n) is 6.74. The molecule has 0 unspecified atom stereocenters. The van der Waals surface area contributed by atoms with Crippen molar-refractivity contribution in [3.05, 3.63) is 18.0 Å². The topological polar surface area (TPSA) is 46.1 Å². The van der Waals surface area contributed by atoms with Crippen LogP contribution in [0, 0.1) is 5.92 Å². The molecule has 0 N–H and O–H groups in total. The highest BCUT2D eigenvalue weighted by molar-refractivity contribution is 5.73. The fraction of sp³-hybridized carbons (Fsp3) is 0.643. The number of hydrogen-bond acceptors (Lipinski definition) is 4. The fourth-order valence-electron chi connectivity index (χ4n) is 2.54. The van der Waals surface area contributed by atoms with Crippen LogP contribution in [0.5, 0.6) is 0 Å². The summed E-state index contributed by atoms with van der Waals surface area (Å²) < 4.78 is 0. The molecule has 0 saturated heterocycles. The van der Waals surface area contributed by atoms with Gasteiger partial charge in [-0.25, -0.2) is 9.97 Å². The molecule has 18 heavy (non-hydrogen) atoms. The lowest BCUT2D eigenvalue weighted by Gasteiger charge is -2.30. The summed E-state index contributed by atoms with van der Waals surface area (Å²) in [5, 5.41) is 0. The zero-order valence-corrected chi connectivity index (χ0v) is 11.2. The lowest BCUT2D eigenvalue weighted by molar-refractivity contribution is 0.112. The van der Waals surface area contributed by atoms with Crippen LogP contribution in [0.1, 0.15) is 49.9 Å². The van der Waals surface area contributed by atoms with Gasteiger partial charge in [0, 0.05) is 25.0 Å². The summed E-state index contributed by atoms with van der Waals surface area (Å²) in [6, 6.07) is 0.564. The third kappa shape index (κ3) is 3.06. The number of anilines is 1. The fourth-order valence-corrected chi connectivity index (χ4v) is 2.54. The zero-order valence-electron chi connectivity index (χ0n) is 11.2. The van der Waals surface area contributed by atoms with Gasteiger partial charge < -0.3 is 4.90 Å². The van der Waals surface area contributed by atoms with Crippen LogP contribution in [-0.2, 0) is 0 Å². The van der Waals surface area contributed by atoms with Crippen molar-refractivity contribution in [2.75, 3.05) is 11.4 Å². The summed E-state index contributed by atoms with van der Waals surface area (Å²) in [6.07, 6.45) is 9.05. The Morgan fingerprint density at radius 2 is 1.94 bits per heavy atom. The normalized spacial score (nSPS) is 16.2. The van der Waals surface area contributed by atoms with Gasteiger partial charge in [0.05, 0.1) is 5.56 Å². The molecule has 4 nitrogen and oxygen atoms in total. The van der Waals surface area contributed by atoms with Crippen LogP contribution in [0.15, 0.2) is 12.4 Å². The van der Waals surface area contributed by atoms with E-state index in [0.29, 0.717) is 17.5 Å². The highest BCUT2D eigenvalue weighted by atomic mass is 16.1. The molecule has 1 aromatic heterocycles. The molecule has 0 aliphatic heterocycles. The number of hydrogen-bond donors (Lipinski definition) is 0. The molecule has 1 aliphatic rings. The van der Waals surface area contributed by atoms with Crippen LogP contribution >= 0.6 is 0 Å². The van der Waals surface area contributed by atoms with Gasteiger partial charge in [-0.05, 0) is 18.8 Å². The first kappa shape index (κ1) is 13.0. The predicted octanol–water partition coefficient (Wildman–Crippen LogP) is 2.69. The Balaban J connectivity index is 2.17. The number of carbonyl (C=O) groups excluding carboxylic acids is 1. The van der Waals surface area contributed by atoms with Crippen molar-refractivity contribution in [3.8, 4) is 0 Å². The molecule has 0 aromatic carbocycles. The molecule has 4 heteroatoms. The van der Waals surface area contributed by atoms with E-state index in [1.54, 1.807) is 12.4 Å². The van der Waals surface area contributed by atoms with Gasteiger partial charge in [-0.3, -0.25) is 4.79 Å². The third-order valence-corrected chi connectivity index (χ3v) is 3.38. The summed E-state index contributed by atoms with van der Waals surface area (Å²) in [7, 11) is 0. The maximum atomic E-state index is 10.6. The highest BCUT2D eigenvalue weighted by Gasteiger charge is 2.25. The molecule has 1 aromatic rings. The van der Waals surface area contributed by atoms with E-state index in [9.17, 15) is 4.79 Å². The summed E-state index contributed by atoms with van der Waals surface area (Å²) in [6.45, 7) is 5.40. The van der Waals surface area contributed by atoms with E-state index in [2.05, 4.69) is 28.7 Å². The molecule has 0 bridgehead atoms. The van der Waals surface area contributed by atoms with Gasteiger partial charge in [-0.15, -0.1) is 0 Å². The molecule has 0 radical (unpaired) electrons. The van der Waals surface area contributed by atoms with E-state index in [-0.39, 0.29) is 0 Å². The van der Waals surface area contributed by atoms with E-state index in [0.717, 1.165) is 18.8 Å². The van der Waals surface area contributed by atoms with Crippen LogP contribution < -0.4 is 4.90 Å². The smallest absolute Gasteiger partial charge is 0.225 e. The molecular formula is C14H21N3O. The molecule has 0 amide bonds. The van der Waals surface area contributed by atoms with Crippen molar-refractivity contribution in [2.45, 2.75) is 45.6 Å². The summed E-state index contributed by atoms with van der Waals surface area (Å²) in [5.74, 6) is 1.35. The first-order valence-corrected chi connectivity index (χ1v) is 6.74. The van der Waals surface area contributed by atoms with Crippen LogP contribution in [-0.4, -0.2) is 28.8 Å². The average Bonchev–Trinajstić information content (AvgIpc) is 2.89. The van der Waals surface area contributed by atoms with E-state index < -0.39 is 0 Å². The summed E-state index contributed by atoms with van der Waals surface area (Å²) >= 11 is 0. The van der Waals surface area contributed by atoms with Crippen LogP contribution in [0.4, 0.5) is 5.95 Å². The van der Waals surface area contributed by atoms with Crippen molar-refractivity contribution in [1.29, 1.82) is 0 Å². The Kier molecular flexibility index (Phi) is 4.28. The molecule has 0 spiro atoms. The van der Waals surface area contributed by atoms with Gasteiger partial charge in [0.15, 0.2) is 6.29 Å². The van der Waals surface area contributed by atoms with E-state index in [1.165, 1.54) is 25.7 Å². The van der Waals surface area contributed by atoms with Gasteiger partial charge in [0.25, 0.3) is 0 Å². The lowest BCUT2D eigenvalue weighted by atomic mass is 10.1. The predicted molar refractivity (Wildman–Crippen MR) is 71.9 cm³/mol. The van der Waals surface area contributed by atoms with Gasteiger partial charge in [-0.2, -0.15) is 0 Å². The van der Waals surface area contributed by atoms with Crippen LogP contribution in [0.25, 0.3) is 0 Å². The lowest BCUT2D eigenvalue weighted by Crippen LogP contribution is -2.37. The van der Waals surface area contributed by atoms with Crippen molar-refractivity contribution in [2.24, 2.45) is 5.92 Å². The zero-order chi connectivity index (χ0) is 13.0. The molecule has 1 saturated carbocycles. The highest BCUT2D eigenvalue weighted by Crippen LogP contribution is 2.26. The standard InChI is InChI=1S/C14H21N3O/c1-11(2)9-17(13-5-3-4-6-13)14-15-7-12(10-18)8-16-14/h7-8,10-11,13H,3-6,9H2,1-2H3. The minimum absolute atomic E-state index is 0.537. The maximum absolute atomic E-state index is 10.6. The van der Waals surface area contributed by atoms with Crippen molar-refractivity contribution >= 4 is 12.2 Å². The first-order chi connectivity index (χ1) is 8.70. The minimum atomic E-state index is 0.537. The Morgan fingerprint density at radius 1 is 1.33 bits per heavy atom. The summed E-state index contributed by atoms with van der Waals surface area (Å²) in [4.78, 5) is 21.6. The van der Waals surface area contributed by atoms with Crippen LogP contribution in [0.2, 0.25) is 0 Å². The third-order valence-electron chi connectivity index (χ3n) is 3.38. The van der Waals surface area contributed by atoms with E-state index >= 15 is 0 Å². The van der Waals surface area contributed by atoms with Gasteiger partial charge >= 0.3 is 0 Å². The van der Waals surface area contributed by atoms with Crippen LogP contribution in [0.3, 0.4) is 0 Å². The van der Waals surface area contributed by atoms with Gasteiger partial charge in [0.1, 0.15) is 0 Å². The monoisotopic (exact) mass is 247 g/mol. The summed E-state index contributed by atoms with van der Waals surface area (Å²) in [5.41, 5.74) is 0.537. The number of rotatable bonds is 5. The van der Waals surface area contributed by atoms with E-state index in [4.69, 9.17) is 0 Å². The Labute approximate surface area is 108 Å². The Bertz CT molecular complexity index is 383.